The zero-order chi connectivity index (χ0) is 14.7. The van der Waals surface area contributed by atoms with Crippen LogP contribution in [0.25, 0.3) is 10.9 Å². The van der Waals surface area contributed by atoms with Crippen molar-refractivity contribution in [1.29, 1.82) is 0 Å². The van der Waals surface area contributed by atoms with Gasteiger partial charge in [-0.15, -0.1) is 0 Å². The molecule has 0 aliphatic rings. The van der Waals surface area contributed by atoms with Crippen molar-refractivity contribution in [3.63, 3.8) is 0 Å². The van der Waals surface area contributed by atoms with E-state index in [2.05, 4.69) is 4.98 Å². The number of ether oxygens (including phenoxy) is 2. The normalized spacial score (nSPS) is 10.6. The van der Waals surface area contributed by atoms with Gasteiger partial charge in [-0.05, 0) is 26.0 Å². The highest BCUT2D eigenvalue weighted by Gasteiger charge is 2.19. The molecule has 5 nitrogen and oxygen atoms in total. The summed E-state index contributed by atoms with van der Waals surface area (Å²) in [6.07, 6.45) is 0. The Labute approximate surface area is 114 Å². The van der Waals surface area contributed by atoms with Gasteiger partial charge in [-0.25, -0.2) is 14.0 Å². The Morgan fingerprint density at radius 1 is 1.15 bits per heavy atom. The standard InChI is InChI=1S/C14H14FNO4/c1-3-19-13(17)9-6-5-8-7-10(14(18)20-4-2)16-12(8)11(9)15/h5-7,16H,3-4H2,1-2H3. The van der Waals surface area contributed by atoms with Crippen LogP contribution in [0.4, 0.5) is 4.39 Å². The first-order valence-corrected chi connectivity index (χ1v) is 6.24. The average Bonchev–Trinajstić information content (AvgIpc) is 2.84. The third kappa shape index (κ3) is 2.49. The highest BCUT2D eigenvalue weighted by molar-refractivity contribution is 5.99. The topological polar surface area (TPSA) is 68.4 Å². The molecule has 1 aromatic carbocycles. The lowest BCUT2D eigenvalue weighted by atomic mass is 10.1. The molecule has 0 radical (unpaired) electrons. The van der Waals surface area contributed by atoms with Crippen molar-refractivity contribution in [3.8, 4) is 0 Å². The van der Waals surface area contributed by atoms with Crippen molar-refractivity contribution in [2.75, 3.05) is 13.2 Å². The van der Waals surface area contributed by atoms with Crippen molar-refractivity contribution in [3.05, 3.63) is 35.3 Å². The fraction of sp³-hybridized carbons (Fsp3) is 0.286. The van der Waals surface area contributed by atoms with E-state index in [-0.39, 0.29) is 30.0 Å². The summed E-state index contributed by atoms with van der Waals surface area (Å²) in [6, 6.07) is 4.35. The van der Waals surface area contributed by atoms with E-state index in [0.29, 0.717) is 5.39 Å². The highest BCUT2D eigenvalue weighted by atomic mass is 19.1. The zero-order valence-corrected chi connectivity index (χ0v) is 11.2. The number of carbonyl (C=O) groups excluding carboxylic acids is 2. The first kappa shape index (κ1) is 14.0. The van der Waals surface area contributed by atoms with Crippen LogP contribution >= 0.6 is 0 Å². The number of H-pyrrole nitrogens is 1. The number of hydrogen-bond donors (Lipinski definition) is 1. The first-order valence-electron chi connectivity index (χ1n) is 6.24. The lowest BCUT2D eigenvalue weighted by Crippen LogP contribution is -2.07. The van der Waals surface area contributed by atoms with Crippen molar-refractivity contribution < 1.29 is 23.5 Å². The predicted octanol–water partition coefficient (Wildman–Crippen LogP) is 2.66. The smallest absolute Gasteiger partial charge is 0.354 e. The molecule has 0 atom stereocenters. The number of esters is 2. The third-order valence-electron chi connectivity index (χ3n) is 2.72. The zero-order valence-electron chi connectivity index (χ0n) is 11.2. The van der Waals surface area contributed by atoms with Crippen LogP contribution in [0.1, 0.15) is 34.7 Å². The quantitative estimate of drug-likeness (QED) is 0.874. The van der Waals surface area contributed by atoms with Gasteiger partial charge in [-0.2, -0.15) is 0 Å². The summed E-state index contributed by atoms with van der Waals surface area (Å²) in [7, 11) is 0. The minimum atomic E-state index is -0.739. The minimum Gasteiger partial charge on any atom is -0.462 e. The minimum absolute atomic E-state index is 0.0820. The average molecular weight is 279 g/mol. The van der Waals surface area contributed by atoms with E-state index in [9.17, 15) is 14.0 Å². The monoisotopic (exact) mass is 279 g/mol. The van der Waals surface area contributed by atoms with Crippen LogP contribution in [0.3, 0.4) is 0 Å². The van der Waals surface area contributed by atoms with E-state index < -0.39 is 17.8 Å². The third-order valence-corrected chi connectivity index (χ3v) is 2.72. The van der Waals surface area contributed by atoms with E-state index in [1.807, 2.05) is 0 Å². The van der Waals surface area contributed by atoms with Gasteiger partial charge in [0.15, 0.2) is 5.82 Å². The molecule has 0 unspecified atom stereocenters. The maximum Gasteiger partial charge on any atom is 0.354 e. The second kappa shape index (κ2) is 5.73. The molecular formula is C14H14FNO4. The number of aromatic amines is 1. The number of nitrogens with one attached hydrogen (secondary N) is 1. The van der Waals surface area contributed by atoms with Crippen LogP contribution in [-0.4, -0.2) is 30.1 Å². The molecular weight excluding hydrogens is 265 g/mol. The molecule has 0 fully saturated rings. The number of halogens is 1. The number of carbonyl (C=O) groups is 2. The Hall–Kier alpha value is -2.37. The lowest BCUT2D eigenvalue weighted by molar-refractivity contribution is 0.0512. The van der Waals surface area contributed by atoms with Gasteiger partial charge in [0.25, 0.3) is 0 Å². The van der Waals surface area contributed by atoms with Gasteiger partial charge in [-0.3, -0.25) is 0 Å². The second-order valence-electron chi connectivity index (χ2n) is 4.02. The highest BCUT2D eigenvalue weighted by Crippen LogP contribution is 2.22. The maximum absolute atomic E-state index is 14.2. The Morgan fingerprint density at radius 3 is 2.45 bits per heavy atom. The molecule has 2 aromatic rings. The molecule has 6 heteroatoms. The number of benzene rings is 1. The summed E-state index contributed by atoms with van der Waals surface area (Å²) in [5, 5.41) is 0.485. The Balaban J connectivity index is 2.45. The van der Waals surface area contributed by atoms with E-state index >= 15 is 0 Å². The SMILES string of the molecule is CCOC(=O)c1cc2ccc(C(=O)OCC)c(F)c2[nH]1. The molecule has 0 spiro atoms. The van der Waals surface area contributed by atoms with Crippen LogP contribution in [0, 0.1) is 5.82 Å². The van der Waals surface area contributed by atoms with Crippen molar-refractivity contribution in [1.82, 2.24) is 4.98 Å². The van der Waals surface area contributed by atoms with Gasteiger partial charge in [0.2, 0.25) is 0 Å². The summed E-state index contributed by atoms with van der Waals surface area (Å²) < 4.78 is 23.8. The van der Waals surface area contributed by atoms with Crippen LogP contribution in [0.5, 0.6) is 0 Å². The summed E-state index contributed by atoms with van der Waals surface area (Å²) in [4.78, 5) is 25.8. The van der Waals surface area contributed by atoms with Gasteiger partial charge in [0.1, 0.15) is 5.69 Å². The van der Waals surface area contributed by atoms with Gasteiger partial charge in [0, 0.05) is 5.39 Å². The van der Waals surface area contributed by atoms with Crippen molar-refractivity contribution in [2.45, 2.75) is 13.8 Å². The molecule has 1 N–H and O–H groups in total. The van der Waals surface area contributed by atoms with Gasteiger partial charge in [0.05, 0.1) is 24.3 Å². The Bertz CT molecular complexity index is 662. The number of rotatable bonds is 4. The number of aromatic nitrogens is 1. The predicted molar refractivity (Wildman–Crippen MR) is 70.2 cm³/mol. The van der Waals surface area contributed by atoms with Crippen molar-refractivity contribution >= 4 is 22.8 Å². The van der Waals surface area contributed by atoms with E-state index in [1.54, 1.807) is 19.9 Å². The first-order chi connectivity index (χ1) is 9.58. The van der Waals surface area contributed by atoms with Crippen LogP contribution < -0.4 is 0 Å². The van der Waals surface area contributed by atoms with Crippen LogP contribution in [0.15, 0.2) is 18.2 Å². The summed E-state index contributed by atoms with van der Waals surface area (Å²) >= 11 is 0. The van der Waals surface area contributed by atoms with Crippen LogP contribution in [0.2, 0.25) is 0 Å². The molecule has 0 saturated carbocycles. The van der Waals surface area contributed by atoms with Gasteiger partial charge in [-0.1, -0.05) is 6.07 Å². The molecule has 0 bridgehead atoms. The molecule has 2 rings (SSSR count). The second-order valence-corrected chi connectivity index (χ2v) is 4.02. The largest absolute Gasteiger partial charge is 0.462 e. The van der Waals surface area contributed by atoms with Crippen LogP contribution in [-0.2, 0) is 9.47 Å². The maximum atomic E-state index is 14.2. The number of hydrogen-bond acceptors (Lipinski definition) is 4. The van der Waals surface area contributed by atoms with Gasteiger partial charge >= 0.3 is 11.9 Å². The molecule has 20 heavy (non-hydrogen) atoms. The van der Waals surface area contributed by atoms with E-state index in [0.717, 1.165) is 0 Å². The van der Waals surface area contributed by atoms with Crippen molar-refractivity contribution in [2.24, 2.45) is 0 Å². The summed E-state index contributed by atoms with van der Waals surface area (Å²) in [6.45, 7) is 3.71. The lowest BCUT2D eigenvalue weighted by Gasteiger charge is -2.03. The molecule has 106 valence electrons. The molecule has 0 aliphatic carbocycles. The van der Waals surface area contributed by atoms with E-state index in [4.69, 9.17) is 9.47 Å². The summed E-state index contributed by atoms with van der Waals surface area (Å²) in [5.41, 5.74) is 0.0528. The summed E-state index contributed by atoms with van der Waals surface area (Å²) in [5.74, 6) is -2.04. The van der Waals surface area contributed by atoms with E-state index in [1.165, 1.54) is 12.1 Å². The Kier molecular flexibility index (Phi) is 4.02. The molecule has 0 saturated heterocycles. The van der Waals surface area contributed by atoms with Gasteiger partial charge < -0.3 is 14.5 Å². The molecule has 1 aromatic heterocycles. The molecule has 1 heterocycles. The fourth-order valence-electron chi connectivity index (χ4n) is 1.85. The molecule has 0 amide bonds. The fourth-order valence-corrected chi connectivity index (χ4v) is 1.85. The number of fused-ring (bicyclic) bond motifs is 1. The Morgan fingerprint density at radius 2 is 1.80 bits per heavy atom. The molecule has 0 aliphatic heterocycles.